The molecule has 1 aromatic rings. The van der Waals surface area contributed by atoms with Crippen LogP contribution in [0.5, 0.6) is 5.75 Å². The molecule has 2 rings (SSSR count). The lowest BCUT2D eigenvalue weighted by molar-refractivity contribution is -0.145. The highest BCUT2D eigenvalue weighted by atomic mass is 16.5. The van der Waals surface area contributed by atoms with Crippen molar-refractivity contribution in [3.8, 4) is 5.75 Å². The number of rotatable bonds is 3. The number of hydrogen-bond acceptors (Lipinski definition) is 3. The monoisotopic (exact) mass is 275 g/mol. The predicted molar refractivity (Wildman–Crippen MR) is 74.9 cm³/mol. The Bertz CT molecular complexity index is 565. The van der Waals surface area contributed by atoms with Gasteiger partial charge in [-0.15, -0.1) is 0 Å². The molecule has 1 N–H and O–H groups in total. The van der Waals surface area contributed by atoms with Gasteiger partial charge in [-0.25, -0.2) is 4.79 Å². The zero-order chi connectivity index (χ0) is 14.7. The van der Waals surface area contributed by atoms with Gasteiger partial charge in [-0.05, 0) is 25.5 Å². The number of anilines is 1. The first kappa shape index (κ1) is 14.1. The van der Waals surface area contributed by atoms with Crippen LogP contribution in [-0.4, -0.2) is 29.6 Å². The molecule has 1 aliphatic rings. The lowest BCUT2D eigenvalue weighted by Crippen LogP contribution is -2.47. The number of hydrogen-bond donors (Lipinski definition) is 1. The Balaban J connectivity index is 2.38. The third-order valence-electron chi connectivity index (χ3n) is 3.14. The van der Waals surface area contributed by atoms with E-state index in [2.05, 4.69) is 0 Å². The van der Waals surface area contributed by atoms with Crippen LogP contribution in [0.2, 0.25) is 0 Å². The van der Waals surface area contributed by atoms with Crippen LogP contribution in [-0.2, 0) is 9.59 Å². The molecule has 0 saturated heterocycles. The maximum Gasteiger partial charge on any atom is 0.346 e. The lowest BCUT2D eigenvalue weighted by atomic mass is 10.1. The standard InChI is InChI=1S/C15H17NO4/c1-3-6-10(2)14(17)16-9-13(15(18)19)20-12-8-5-4-7-11(12)16/h4-8,13H,3,9H2,1-2H3,(H,18,19)/b10-6+. The van der Waals surface area contributed by atoms with Gasteiger partial charge in [0.2, 0.25) is 6.10 Å². The van der Waals surface area contributed by atoms with Crippen LogP contribution in [0.4, 0.5) is 5.69 Å². The highest BCUT2D eigenvalue weighted by Gasteiger charge is 2.33. The summed E-state index contributed by atoms with van der Waals surface area (Å²) in [5.41, 5.74) is 1.21. The third-order valence-corrected chi connectivity index (χ3v) is 3.14. The number of benzene rings is 1. The number of carboxylic acids is 1. The van der Waals surface area contributed by atoms with E-state index in [0.717, 1.165) is 6.42 Å². The number of para-hydroxylation sites is 2. The molecular weight excluding hydrogens is 258 g/mol. The van der Waals surface area contributed by atoms with Crippen LogP contribution in [0.15, 0.2) is 35.9 Å². The van der Waals surface area contributed by atoms with Crippen molar-refractivity contribution in [2.45, 2.75) is 26.4 Å². The van der Waals surface area contributed by atoms with E-state index in [4.69, 9.17) is 9.84 Å². The van der Waals surface area contributed by atoms with Crippen molar-refractivity contribution in [3.63, 3.8) is 0 Å². The van der Waals surface area contributed by atoms with Gasteiger partial charge in [-0.1, -0.05) is 25.1 Å². The summed E-state index contributed by atoms with van der Waals surface area (Å²) in [5.74, 6) is -0.841. The smallest absolute Gasteiger partial charge is 0.346 e. The van der Waals surface area contributed by atoms with Gasteiger partial charge >= 0.3 is 5.97 Å². The Hall–Kier alpha value is -2.30. The van der Waals surface area contributed by atoms with E-state index in [1.807, 2.05) is 13.0 Å². The van der Waals surface area contributed by atoms with E-state index in [9.17, 15) is 9.59 Å². The number of ether oxygens (including phenoxy) is 1. The molecule has 0 spiro atoms. The summed E-state index contributed by atoms with van der Waals surface area (Å²) in [5, 5.41) is 9.13. The SMILES string of the molecule is CC/C=C(\C)C(=O)N1CC(C(=O)O)Oc2ccccc21. The van der Waals surface area contributed by atoms with E-state index < -0.39 is 12.1 Å². The molecule has 1 amide bonds. The van der Waals surface area contributed by atoms with Crippen molar-refractivity contribution in [1.29, 1.82) is 0 Å². The van der Waals surface area contributed by atoms with Gasteiger partial charge < -0.3 is 14.7 Å². The number of amides is 1. The second-order valence-electron chi connectivity index (χ2n) is 4.62. The highest BCUT2D eigenvalue weighted by Crippen LogP contribution is 2.33. The van der Waals surface area contributed by atoms with Crippen molar-refractivity contribution >= 4 is 17.6 Å². The quantitative estimate of drug-likeness (QED) is 0.859. The molecule has 0 saturated carbocycles. The van der Waals surface area contributed by atoms with Crippen molar-refractivity contribution < 1.29 is 19.4 Å². The summed E-state index contributed by atoms with van der Waals surface area (Å²) >= 11 is 0. The number of aliphatic carboxylic acids is 1. The van der Waals surface area contributed by atoms with Crippen LogP contribution in [0.1, 0.15) is 20.3 Å². The number of nitrogens with zero attached hydrogens (tertiary/aromatic N) is 1. The normalized spacial score (nSPS) is 18.2. The Morgan fingerprint density at radius 2 is 2.15 bits per heavy atom. The van der Waals surface area contributed by atoms with E-state index >= 15 is 0 Å². The van der Waals surface area contributed by atoms with Crippen LogP contribution in [0, 0.1) is 0 Å². The topological polar surface area (TPSA) is 66.8 Å². The maximum absolute atomic E-state index is 12.4. The molecule has 1 heterocycles. The number of carbonyl (C=O) groups is 2. The largest absolute Gasteiger partial charge is 0.478 e. The van der Waals surface area contributed by atoms with Crippen molar-refractivity contribution in [2.75, 3.05) is 11.4 Å². The molecule has 0 aliphatic carbocycles. The zero-order valence-corrected chi connectivity index (χ0v) is 11.5. The van der Waals surface area contributed by atoms with E-state index in [1.165, 1.54) is 4.90 Å². The first-order valence-electron chi connectivity index (χ1n) is 6.51. The lowest BCUT2D eigenvalue weighted by Gasteiger charge is -2.33. The highest BCUT2D eigenvalue weighted by molar-refractivity contribution is 6.06. The fourth-order valence-corrected chi connectivity index (χ4v) is 2.16. The van der Waals surface area contributed by atoms with E-state index in [-0.39, 0.29) is 12.5 Å². The molecule has 20 heavy (non-hydrogen) atoms. The predicted octanol–water partition coefficient (Wildman–Crippen LogP) is 2.22. The van der Waals surface area contributed by atoms with Gasteiger partial charge in [-0.2, -0.15) is 0 Å². The molecule has 0 fully saturated rings. The molecule has 0 bridgehead atoms. The van der Waals surface area contributed by atoms with Gasteiger partial charge in [0.15, 0.2) is 0 Å². The zero-order valence-electron chi connectivity index (χ0n) is 11.5. The molecule has 106 valence electrons. The van der Waals surface area contributed by atoms with Crippen LogP contribution < -0.4 is 9.64 Å². The van der Waals surface area contributed by atoms with Gasteiger partial charge in [0, 0.05) is 5.57 Å². The molecule has 1 aliphatic heterocycles. The first-order valence-corrected chi connectivity index (χ1v) is 6.51. The first-order chi connectivity index (χ1) is 9.54. The second-order valence-corrected chi connectivity index (χ2v) is 4.62. The molecule has 5 heteroatoms. The summed E-state index contributed by atoms with van der Waals surface area (Å²) in [4.78, 5) is 25.0. The van der Waals surface area contributed by atoms with Gasteiger partial charge in [-0.3, -0.25) is 4.79 Å². The molecule has 1 atom stereocenters. The van der Waals surface area contributed by atoms with Crippen LogP contribution in [0.3, 0.4) is 0 Å². The average molecular weight is 275 g/mol. The van der Waals surface area contributed by atoms with Crippen molar-refractivity contribution in [1.82, 2.24) is 0 Å². The Morgan fingerprint density at radius 1 is 1.45 bits per heavy atom. The molecule has 0 radical (unpaired) electrons. The Morgan fingerprint density at radius 3 is 2.80 bits per heavy atom. The Kier molecular flexibility index (Phi) is 4.08. The molecule has 0 aromatic heterocycles. The third kappa shape index (κ3) is 2.66. The minimum Gasteiger partial charge on any atom is -0.478 e. The van der Waals surface area contributed by atoms with E-state index in [1.54, 1.807) is 31.2 Å². The number of fused-ring (bicyclic) bond motifs is 1. The van der Waals surface area contributed by atoms with Crippen molar-refractivity contribution in [3.05, 3.63) is 35.9 Å². The Labute approximate surface area is 117 Å². The summed E-state index contributed by atoms with van der Waals surface area (Å²) in [6.45, 7) is 3.70. The average Bonchev–Trinajstić information content (AvgIpc) is 2.45. The molecular formula is C15H17NO4. The fraction of sp³-hybridized carbons (Fsp3) is 0.333. The minimum atomic E-state index is -1.07. The van der Waals surface area contributed by atoms with Gasteiger partial charge in [0.05, 0.1) is 12.2 Å². The minimum absolute atomic E-state index is 0.0140. The van der Waals surface area contributed by atoms with Crippen LogP contribution in [0.25, 0.3) is 0 Å². The molecule has 5 nitrogen and oxygen atoms in total. The summed E-state index contributed by atoms with van der Waals surface area (Å²) in [7, 11) is 0. The number of carboxylic acid groups (broad SMARTS) is 1. The van der Waals surface area contributed by atoms with Crippen molar-refractivity contribution in [2.24, 2.45) is 0 Å². The maximum atomic E-state index is 12.4. The summed E-state index contributed by atoms with van der Waals surface area (Å²) < 4.78 is 5.40. The van der Waals surface area contributed by atoms with Gasteiger partial charge in [0.1, 0.15) is 5.75 Å². The van der Waals surface area contributed by atoms with E-state index in [0.29, 0.717) is 17.0 Å². The molecule has 1 unspecified atom stereocenters. The van der Waals surface area contributed by atoms with Gasteiger partial charge in [0.25, 0.3) is 5.91 Å². The number of allylic oxidation sites excluding steroid dienone is 1. The number of carbonyl (C=O) groups excluding carboxylic acids is 1. The fourth-order valence-electron chi connectivity index (χ4n) is 2.16. The summed E-state index contributed by atoms with van der Waals surface area (Å²) in [6, 6.07) is 6.97. The molecule has 1 aromatic carbocycles. The van der Waals surface area contributed by atoms with Crippen LogP contribution >= 0.6 is 0 Å². The second kappa shape index (κ2) is 5.77. The summed E-state index contributed by atoms with van der Waals surface area (Å²) in [6.07, 6.45) is 1.55.